The Bertz CT molecular complexity index is 449. The van der Waals surface area contributed by atoms with Gasteiger partial charge in [0.15, 0.2) is 0 Å². The lowest BCUT2D eigenvalue weighted by molar-refractivity contribution is 0.228. The summed E-state index contributed by atoms with van der Waals surface area (Å²) in [6.07, 6.45) is 3.37. The van der Waals surface area contributed by atoms with Crippen molar-refractivity contribution in [2.75, 3.05) is 6.54 Å². The predicted octanol–water partition coefficient (Wildman–Crippen LogP) is 3.29. The van der Waals surface area contributed by atoms with Crippen molar-refractivity contribution in [1.29, 1.82) is 5.26 Å². The van der Waals surface area contributed by atoms with Crippen molar-refractivity contribution in [2.45, 2.75) is 53.2 Å². The second-order valence-corrected chi connectivity index (χ2v) is 6.06. The second-order valence-electron chi connectivity index (χ2n) is 6.06. The number of ether oxygens (including phenoxy) is 1. The molecule has 0 amide bonds. The van der Waals surface area contributed by atoms with E-state index in [1.807, 2.05) is 26.0 Å². The molecule has 0 aliphatic carbocycles. The number of hydrogen-bond donors (Lipinski definition) is 1. The Morgan fingerprint density at radius 2 is 2.20 bits per heavy atom. The van der Waals surface area contributed by atoms with E-state index in [4.69, 9.17) is 10.00 Å². The third-order valence-corrected chi connectivity index (χ3v) is 3.03. The van der Waals surface area contributed by atoms with E-state index in [0.717, 1.165) is 25.1 Å². The Kier molecular flexibility index (Phi) is 6.47. The van der Waals surface area contributed by atoms with Gasteiger partial charge in [0.2, 0.25) is 5.88 Å². The Labute approximate surface area is 122 Å². The summed E-state index contributed by atoms with van der Waals surface area (Å²) in [6, 6.07) is 6.15. The fourth-order valence-corrected chi connectivity index (χ4v) is 1.91. The van der Waals surface area contributed by atoms with Crippen molar-refractivity contribution >= 4 is 0 Å². The molecule has 0 fully saturated rings. The van der Waals surface area contributed by atoms with Crippen molar-refractivity contribution in [3.8, 4) is 11.9 Å². The Morgan fingerprint density at radius 3 is 2.85 bits per heavy atom. The number of aromatic nitrogens is 1. The first-order chi connectivity index (χ1) is 9.44. The first-order valence-electron chi connectivity index (χ1n) is 7.13. The number of nitriles is 1. The molecule has 4 nitrogen and oxygen atoms in total. The largest absolute Gasteiger partial charge is 0.475 e. The Hall–Kier alpha value is -1.60. The molecular weight excluding hydrogens is 250 g/mol. The van der Waals surface area contributed by atoms with E-state index in [9.17, 15) is 0 Å². The molecule has 20 heavy (non-hydrogen) atoms. The van der Waals surface area contributed by atoms with Gasteiger partial charge in [0.1, 0.15) is 0 Å². The van der Waals surface area contributed by atoms with Crippen LogP contribution in [0.4, 0.5) is 0 Å². The predicted molar refractivity (Wildman–Crippen MR) is 80.3 cm³/mol. The van der Waals surface area contributed by atoms with E-state index in [0.29, 0.717) is 12.3 Å². The smallest absolute Gasteiger partial charge is 0.218 e. The van der Waals surface area contributed by atoms with Crippen LogP contribution in [0, 0.1) is 16.7 Å². The van der Waals surface area contributed by atoms with E-state index in [2.05, 4.69) is 30.2 Å². The highest BCUT2D eigenvalue weighted by atomic mass is 16.5. The molecule has 0 radical (unpaired) electrons. The molecule has 1 aromatic rings. The highest BCUT2D eigenvalue weighted by Gasteiger charge is 2.17. The molecule has 0 aliphatic heterocycles. The quantitative estimate of drug-likeness (QED) is 0.791. The lowest BCUT2D eigenvalue weighted by Gasteiger charge is -2.24. The molecule has 1 aromatic heterocycles. The summed E-state index contributed by atoms with van der Waals surface area (Å²) in [6.45, 7) is 9.93. The van der Waals surface area contributed by atoms with Gasteiger partial charge < -0.3 is 10.1 Å². The molecule has 0 unspecified atom stereocenters. The normalized spacial score (nSPS) is 11.4. The van der Waals surface area contributed by atoms with Gasteiger partial charge in [0.25, 0.3) is 0 Å². The standard InChI is InChI=1S/C16H25N3O/c1-13(2)20-15-14(7-5-10-19-15)11-18-12-16(3,4)8-6-9-17/h5,7,10,13,18H,6,8,11-12H2,1-4H3. The van der Waals surface area contributed by atoms with Crippen molar-refractivity contribution < 1.29 is 4.74 Å². The van der Waals surface area contributed by atoms with Crippen molar-refractivity contribution in [2.24, 2.45) is 5.41 Å². The number of rotatable bonds is 8. The number of hydrogen-bond acceptors (Lipinski definition) is 4. The zero-order valence-electron chi connectivity index (χ0n) is 12.9. The first kappa shape index (κ1) is 16.5. The second kappa shape index (κ2) is 7.86. The molecule has 0 aromatic carbocycles. The molecule has 1 heterocycles. The molecule has 4 heteroatoms. The lowest BCUT2D eigenvalue weighted by atomic mass is 9.88. The average Bonchev–Trinajstić information content (AvgIpc) is 2.38. The Balaban J connectivity index is 2.51. The monoisotopic (exact) mass is 275 g/mol. The summed E-state index contributed by atoms with van der Waals surface area (Å²) in [5.74, 6) is 0.699. The van der Waals surface area contributed by atoms with Gasteiger partial charge in [-0.1, -0.05) is 19.9 Å². The van der Waals surface area contributed by atoms with Gasteiger partial charge in [0.05, 0.1) is 12.2 Å². The third kappa shape index (κ3) is 6.03. The maximum absolute atomic E-state index is 8.66. The lowest BCUT2D eigenvalue weighted by Crippen LogP contribution is -2.29. The molecule has 1 rings (SSSR count). The van der Waals surface area contributed by atoms with Crippen LogP contribution in [0.3, 0.4) is 0 Å². The van der Waals surface area contributed by atoms with Crippen molar-refractivity contribution in [1.82, 2.24) is 10.3 Å². The summed E-state index contributed by atoms with van der Waals surface area (Å²) in [7, 11) is 0. The number of nitrogens with zero attached hydrogens (tertiary/aromatic N) is 2. The Morgan fingerprint density at radius 1 is 1.45 bits per heavy atom. The van der Waals surface area contributed by atoms with E-state index < -0.39 is 0 Å². The molecule has 0 atom stereocenters. The summed E-state index contributed by atoms with van der Waals surface area (Å²) >= 11 is 0. The van der Waals surface area contributed by atoms with Crippen LogP contribution in [0.5, 0.6) is 5.88 Å². The number of nitrogens with one attached hydrogen (secondary N) is 1. The van der Waals surface area contributed by atoms with E-state index in [1.165, 1.54) is 0 Å². The summed E-state index contributed by atoms with van der Waals surface area (Å²) in [5.41, 5.74) is 1.19. The molecule has 0 saturated carbocycles. The van der Waals surface area contributed by atoms with E-state index in [1.54, 1.807) is 6.20 Å². The first-order valence-corrected chi connectivity index (χ1v) is 7.13. The van der Waals surface area contributed by atoms with E-state index >= 15 is 0 Å². The van der Waals surface area contributed by atoms with Crippen LogP contribution < -0.4 is 10.1 Å². The van der Waals surface area contributed by atoms with Gasteiger partial charge in [-0.3, -0.25) is 0 Å². The van der Waals surface area contributed by atoms with Gasteiger partial charge >= 0.3 is 0 Å². The van der Waals surface area contributed by atoms with Crippen LogP contribution in [0.15, 0.2) is 18.3 Å². The maximum Gasteiger partial charge on any atom is 0.218 e. The van der Waals surface area contributed by atoms with E-state index in [-0.39, 0.29) is 11.5 Å². The number of pyridine rings is 1. The SMILES string of the molecule is CC(C)Oc1ncccc1CNCC(C)(C)CCC#N. The zero-order chi connectivity index (χ0) is 15.0. The van der Waals surface area contributed by atoms with Gasteiger partial charge in [0, 0.05) is 31.3 Å². The molecular formula is C16H25N3O. The molecule has 0 spiro atoms. The van der Waals surface area contributed by atoms with Crippen LogP contribution in [-0.2, 0) is 6.54 Å². The minimum absolute atomic E-state index is 0.121. The topological polar surface area (TPSA) is 57.9 Å². The van der Waals surface area contributed by atoms with Crippen LogP contribution in [0.2, 0.25) is 0 Å². The van der Waals surface area contributed by atoms with Crippen molar-refractivity contribution in [3.05, 3.63) is 23.9 Å². The molecule has 0 saturated heterocycles. The highest BCUT2D eigenvalue weighted by molar-refractivity contribution is 5.25. The van der Waals surface area contributed by atoms with Gasteiger partial charge in [-0.25, -0.2) is 4.98 Å². The van der Waals surface area contributed by atoms with Gasteiger partial charge in [-0.15, -0.1) is 0 Å². The highest BCUT2D eigenvalue weighted by Crippen LogP contribution is 2.21. The average molecular weight is 275 g/mol. The van der Waals surface area contributed by atoms with Crippen molar-refractivity contribution in [3.63, 3.8) is 0 Å². The van der Waals surface area contributed by atoms with Crippen LogP contribution >= 0.6 is 0 Å². The summed E-state index contributed by atoms with van der Waals surface area (Å²) < 4.78 is 5.70. The molecule has 110 valence electrons. The van der Waals surface area contributed by atoms with Crippen LogP contribution in [0.1, 0.15) is 46.1 Å². The van der Waals surface area contributed by atoms with Gasteiger partial charge in [-0.2, -0.15) is 5.26 Å². The fraction of sp³-hybridized carbons (Fsp3) is 0.625. The minimum Gasteiger partial charge on any atom is -0.475 e. The molecule has 0 aliphatic rings. The zero-order valence-corrected chi connectivity index (χ0v) is 12.9. The van der Waals surface area contributed by atoms with Crippen LogP contribution in [-0.4, -0.2) is 17.6 Å². The minimum atomic E-state index is 0.121. The maximum atomic E-state index is 8.66. The summed E-state index contributed by atoms with van der Waals surface area (Å²) in [5, 5.41) is 12.1. The summed E-state index contributed by atoms with van der Waals surface area (Å²) in [4.78, 5) is 4.28. The van der Waals surface area contributed by atoms with Gasteiger partial charge in [-0.05, 0) is 31.7 Å². The molecule has 0 bridgehead atoms. The fourth-order valence-electron chi connectivity index (χ4n) is 1.91. The third-order valence-electron chi connectivity index (χ3n) is 3.03. The van der Waals surface area contributed by atoms with Crippen LogP contribution in [0.25, 0.3) is 0 Å². The molecule has 1 N–H and O–H groups in total.